The van der Waals surface area contributed by atoms with Gasteiger partial charge in [0.1, 0.15) is 7.05 Å². The van der Waals surface area contributed by atoms with Crippen molar-refractivity contribution in [2.75, 3.05) is 0 Å². The molecule has 0 atom stereocenters. The summed E-state index contributed by atoms with van der Waals surface area (Å²) in [4.78, 5) is 0. The zero-order chi connectivity index (χ0) is 12.9. The number of aryl methyl sites for hydroxylation is 2. The van der Waals surface area contributed by atoms with Gasteiger partial charge in [-0.05, 0) is 16.2 Å². The zero-order valence-corrected chi connectivity index (χ0v) is 9.41. The van der Waals surface area contributed by atoms with Crippen LogP contribution in [0.4, 0.5) is 0 Å². The van der Waals surface area contributed by atoms with Crippen molar-refractivity contribution in [2.45, 2.75) is 6.92 Å². The minimum absolute atomic E-state index is 0.503. The van der Waals surface area contributed by atoms with E-state index in [2.05, 4.69) is 0 Å². The third-order valence-electron chi connectivity index (χ3n) is 3.14. The second-order valence-corrected chi connectivity index (χ2v) is 4.09. The van der Waals surface area contributed by atoms with Crippen molar-refractivity contribution in [3.63, 3.8) is 0 Å². The summed E-state index contributed by atoms with van der Waals surface area (Å²) < 4.78 is 18.1. The maximum Gasteiger partial charge on any atom is 0.186 e. The van der Waals surface area contributed by atoms with Crippen LogP contribution in [-0.2, 0) is 7.05 Å². The minimum atomic E-state index is 0.503. The topological polar surface area (TPSA) is 3.88 Å². The Balaban J connectivity index is 2.69. The highest BCUT2D eigenvalue weighted by molar-refractivity contribution is 6.07. The lowest BCUT2D eigenvalue weighted by molar-refractivity contribution is -0.676. The predicted molar refractivity (Wildman–Crippen MR) is 67.4 cm³/mol. The molecule has 0 N–H and O–H groups in total. The average Bonchev–Trinajstić information content (AvgIpc) is 2.35. The molecule has 16 heavy (non-hydrogen) atoms. The van der Waals surface area contributed by atoms with E-state index < -0.39 is 0 Å². The van der Waals surface area contributed by atoms with Crippen LogP contribution in [0.1, 0.15) is 8.44 Å². The first-order valence-electron chi connectivity index (χ1n) is 6.37. The standard InChI is InChI=1S/C15H14N/c1-11-15-13(9-10-16(11)2)8-7-12-5-3-4-6-14(12)15/h3-10H,1-2H3/q+1/i6T,9T. The summed E-state index contributed by atoms with van der Waals surface area (Å²) in [6.45, 7) is 2.04. The van der Waals surface area contributed by atoms with Gasteiger partial charge in [-0.2, -0.15) is 0 Å². The van der Waals surface area contributed by atoms with Crippen LogP contribution in [0.15, 0.2) is 48.6 Å². The molecular weight excluding hydrogens is 194 g/mol. The Hall–Kier alpha value is -1.89. The predicted octanol–water partition coefficient (Wildman–Crippen LogP) is 3.13. The quantitative estimate of drug-likeness (QED) is 0.398. The molecule has 0 saturated heterocycles. The van der Waals surface area contributed by atoms with Crippen molar-refractivity contribution in [3.8, 4) is 0 Å². The van der Waals surface area contributed by atoms with Gasteiger partial charge in [-0.1, -0.05) is 36.4 Å². The number of nitrogens with zero attached hydrogens (tertiary/aromatic N) is 1. The molecule has 3 aromatic rings. The molecule has 0 saturated carbocycles. The van der Waals surface area contributed by atoms with E-state index in [0.29, 0.717) is 12.1 Å². The Morgan fingerprint density at radius 3 is 2.75 bits per heavy atom. The third-order valence-corrected chi connectivity index (χ3v) is 3.14. The summed E-state index contributed by atoms with van der Waals surface area (Å²) >= 11 is 0. The lowest BCUT2D eigenvalue weighted by atomic mass is 10.0. The van der Waals surface area contributed by atoms with Crippen molar-refractivity contribution in [3.05, 3.63) is 54.3 Å². The molecule has 1 nitrogen and oxygen atoms in total. The number of pyridine rings is 1. The van der Waals surface area contributed by atoms with Gasteiger partial charge in [0.15, 0.2) is 11.9 Å². The van der Waals surface area contributed by atoms with E-state index in [1.54, 1.807) is 6.07 Å². The number of fused-ring (bicyclic) bond motifs is 3. The zero-order valence-electron chi connectivity index (χ0n) is 11.4. The van der Waals surface area contributed by atoms with E-state index in [1.165, 1.54) is 0 Å². The molecule has 0 unspecified atom stereocenters. The lowest BCUT2D eigenvalue weighted by Crippen LogP contribution is -2.31. The second kappa shape index (κ2) is 3.31. The second-order valence-electron chi connectivity index (χ2n) is 4.09. The van der Waals surface area contributed by atoms with Crippen molar-refractivity contribution in [2.24, 2.45) is 7.05 Å². The van der Waals surface area contributed by atoms with Crippen LogP contribution in [0.2, 0.25) is 0 Å². The van der Waals surface area contributed by atoms with Crippen LogP contribution in [0.25, 0.3) is 21.5 Å². The van der Waals surface area contributed by atoms with Crippen molar-refractivity contribution < 1.29 is 7.31 Å². The fraction of sp³-hybridized carbons (Fsp3) is 0.133. The average molecular weight is 212 g/mol. The van der Waals surface area contributed by atoms with E-state index in [4.69, 9.17) is 2.74 Å². The van der Waals surface area contributed by atoms with E-state index in [1.807, 2.05) is 49.0 Å². The highest BCUT2D eigenvalue weighted by atomic mass is 14.9. The van der Waals surface area contributed by atoms with E-state index in [-0.39, 0.29) is 0 Å². The van der Waals surface area contributed by atoms with Crippen molar-refractivity contribution >= 4 is 21.5 Å². The summed E-state index contributed by atoms with van der Waals surface area (Å²) in [6, 6.07) is 10.7. The van der Waals surface area contributed by atoms with Crippen molar-refractivity contribution in [1.29, 1.82) is 0 Å². The molecule has 0 spiro atoms. The van der Waals surface area contributed by atoms with E-state index in [0.717, 1.165) is 27.2 Å². The fourth-order valence-corrected chi connectivity index (χ4v) is 2.13. The maximum atomic E-state index is 8.11. The molecule has 78 valence electrons. The summed E-state index contributed by atoms with van der Waals surface area (Å²) in [7, 11) is 1.94. The highest BCUT2D eigenvalue weighted by Gasteiger charge is 2.09. The lowest BCUT2D eigenvalue weighted by Gasteiger charge is -2.04. The molecule has 1 heteroatoms. The van der Waals surface area contributed by atoms with Crippen LogP contribution >= 0.6 is 0 Å². The first-order valence-corrected chi connectivity index (χ1v) is 5.37. The smallest absolute Gasteiger partial charge is 0.186 e. The molecule has 0 aliphatic carbocycles. The van der Waals surface area contributed by atoms with Crippen LogP contribution < -0.4 is 4.57 Å². The molecule has 1 heterocycles. The van der Waals surface area contributed by atoms with Crippen LogP contribution in [-0.4, -0.2) is 0 Å². The summed E-state index contributed by atoms with van der Waals surface area (Å²) in [5.41, 5.74) is 1.09. The summed E-state index contributed by atoms with van der Waals surface area (Å²) in [5, 5.41) is 3.94. The number of aromatic nitrogens is 1. The Kier molecular flexibility index (Phi) is 1.53. The minimum Gasteiger partial charge on any atom is -0.205 e. The first kappa shape index (κ1) is 7.39. The van der Waals surface area contributed by atoms with E-state index in [9.17, 15) is 0 Å². The van der Waals surface area contributed by atoms with Gasteiger partial charge in [-0.15, -0.1) is 0 Å². The molecular formula is C15H14N+. The number of rotatable bonds is 0. The number of hydrogen-bond acceptors (Lipinski definition) is 0. The monoisotopic (exact) mass is 212 g/mol. The van der Waals surface area contributed by atoms with E-state index >= 15 is 0 Å². The Morgan fingerprint density at radius 2 is 1.88 bits per heavy atom. The molecule has 2 aromatic carbocycles. The molecule has 1 aromatic heterocycles. The summed E-state index contributed by atoms with van der Waals surface area (Å²) in [5.74, 6) is 0. The summed E-state index contributed by atoms with van der Waals surface area (Å²) in [6.07, 6.45) is 1.82. The van der Waals surface area contributed by atoms with Gasteiger partial charge in [0.25, 0.3) is 0 Å². The van der Waals surface area contributed by atoms with Gasteiger partial charge < -0.3 is 0 Å². The van der Waals surface area contributed by atoms with Crippen molar-refractivity contribution in [1.82, 2.24) is 0 Å². The Labute approximate surface area is 97.8 Å². The Morgan fingerprint density at radius 1 is 1.06 bits per heavy atom. The normalized spacial score (nSPS) is 12.9. The van der Waals surface area contributed by atoms with Gasteiger partial charge >= 0.3 is 0 Å². The molecule has 0 fully saturated rings. The Bertz CT molecular complexity index is 778. The SMILES string of the molecule is [3H]c1c[n+](C)c(C)c2c1ccc1cccc([3H])c12. The van der Waals surface area contributed by atoms with Crippen LogP contribution in [0, 0.1) is 6.92 Å². The van der Waals surface area contributed by atoms with Gasteiger partial charge in [-0.25, -0.2) is 4.57 Å². The number of hydrogen-bond donors (Lipinski definition) is 0. The highest BCUT2D eigenvalue weighted by Crippen LogP contribution is 2.25. The molecule has 0 radical (unpaired) electrons. The van der Waals surface area contributed by atoms with Gasteiger partial charge in [0.05, 0.1) is 8.13 Å². The molecule has 0 amide bonds. The molecule has 0 aliphatic heterocycles. The largest absolute Gasteiger partial charge is 0.205 e. The molecule has 0 aliphatic rings. The first-order chi connectivity index (χ1) is 8.59. The molecule has 3 rings (SSSR count). The van der Waals surface area contributed by atoms with Gasteiger partial charge in [-0.3, -0.25) is 0 Å². The van der Waals surface area contributed by atoms with Gasteiger partial charge in [0, 0.05) is 13.0 Å². The van der Waals surface area contributed by atoms with Crippen LogP contribution in [0.5, 0.6) is 0 Å². The molecule has 0 bridgehead atoms. The maximum absolute atomic E-state index is 8.11. The number of benzene rings is 2. The fourth-order valence-electron chi connectivity index (χ4n) is 2.13. The van der Waals surface area contributed by atoms with Crippen LogP contribution in [0.3, 0.4) is 0 Å². The third kappa shape index (κ3) is 1.21. The van der Waals surface area contributed by atoms with Gasteiger partial charge in [0.2, 0.25) is 0 Å².